The van der Waals surface area contributed by atoms with E-state index >= 15 is 0 Å². The quantitative estimate of drug-likeness (QED) is 0.741. The molecule has 4 aliphatic rings. The van der Waals surface area contributed by atoms with Gasteiger partial charge in [-0.3, -0.25) is 9.59 Å². The second-order valence-corrected chi connectivity index (χ2v) is 8.21. The van der Waals surface area contributed by atoms with Crippen molar-refractivity contribution < 1.29 is 14.7 Å². The monoisotopic (exact) mass is 300 g/mol. The summed E-state index contributed by atoms with van der Waals surface area (Å²) in [5.41, 5.74) is 0.721. The van der Waals surface area contributed by atoms with E-state index in [1.807, 2.05) is 6.08 Å². The standard InChI is InChI=1S/C19H24O3/c1-18-7-5-12(20)9-11(18)10-15(21)17-13-3-4-16(22)19(13,2)8-6-14(17)18/h9-10,13-14,17,20H,3-8H2,1-2H3/t13-,14-,17-,18-,19-/m0/s1. The predicted octanol–water partition coefficient (Wildman–Crippen LogP) is 3.75. The molecule has 3 heteroatoms. The van der Waals surface area contributed by atoms with Gasteiger partial charge < -0.3 is 5.11 Å². The molecule has 0 aromatic carbocycles. The molecule has 3 nitrogen and oxygen atoms in total. The van der Waals surface area contributed by atoms with Gasteiger partial charge in [0.15, 0.2) is 5.78 Å². The molecular formula is C19H24O3. The van der Waals surface area contributed by atoms with E-state index in [2.05, 4.69) is 13.8 Å². The largest absolute Gasteiger partial charge is 0.512 e. The summed E-state index contributed by atoms with van der Waals surface area (Å²) in [6.45, 7) is 4.34. The van der Waals surface area contributed by atoms with Gasteiger partial charge in [-0.1, -0.05) is 13.8 Å². The summed E-state index contributed by atoms with van der Waals surface area (Å²) in [5.74, 6) is 1.51. The molecule has 2 saturated carbocycles. The number of fused-ring (bicyclic) bond motifs is 5. The van der Waals surface area contributed by atoms with Gasteiger partial charge in [-0.2, -0.15) is 0 Å². The number of hydrogen-bond donors (Lipinski definition) is 1. The number of Topliss-reactive ketones (excluding diaryl/α,β-unsaturated/α-hetero) is 1. The van der Waals surface area contributed by atoms with Crippen LogP contribution in [0, 0.1) is 28.6 Å². The lowest BCUT2D eigenvalue weighted by atomic mass is 9.48. The van der Waals surface area contributed by atoms with Crippen molar-refractivity contribution in [2.24, 2.45) is 28.6 Å². The third-order valence-electron chi connectivity index (χ3n) is 7.31. The Bertz CT molecular complexity index is 629. The molecule has 1 N–H and O–H groups in total. The maximum absolute atomic E-state index is 12.8. The maximum atomic E-state index is 12.8. The summed E-state index contributed by atoms with van der Waals surface area (Å²) in [4.78, 5) is 25.2. The van der Waals surface area contributed by atoms with Crippen molar-refractivity contribution in [3.63, 3.8) is 0 Å². The molecule has 2 fully saturated rings. The number of ketones is 2. The van der Waals surface area contributed by atoms with Crippen LogP contribution in [-0.2, 0) is 9.59 Å². The van der Waals surface area contributed by atoms with Gasteiger partial charge in [0.25, 0.3) is 0 Å². The van der Waals surface area contributed by atoms with Crippen molar-refractivity contribution in [1.29, 1.82) is 0 Å². The zero-order chi connectivity index (χ0) is 15.7. The van der Waals surface area contributed by atoms with Crippen LogP contribution in [0.5, 0.6) is 0 Å². The third-order valence-corrected chi connectivity index (χ3v) is 7.31. The molecule has 4 rings (SSSR count). The summed E-state index contributed by atoms with van der Waals surface area (Å²) < 4.78 is 0. The fraction of sp³-hybridized carbons (Fsp3) is 0.684. The fourth-order valence-electron chi connectivity index (χ4n) is 5.83. The molecule has 0 bridgehead atoms. The smallest absolute Gasteiger partial charge is 0.159 e. The van der Waals surface area contributed by atoms with E-state index in [0.717, 1.165) is 31.3 Å². The normalized spacial score (nSPS) is 47.3. The Morgan fingerprint density at radius 1 is 1.00 bits per heavy atom. The van der Waals surface area contributed by atoms with Crippen molar-refractivity contribution in [2.75, 3.05) is 0 Å². The summed E-state index contributed by atoms with van der Waals surface area (Å²) >= 11 is 0. The SMILES string of the molecule is C[C@]12CCC(O)=CC1=CC(=O)[C@@H]1[C@@H]2CC[C@]2(C)C(=O)CC[C@@H]12. The molecule has 4 aliphatic carbocycles. The van der Waals surface area contributed by atoms with Gasteiger partial charge in [0, 0.05) is 24.2 Å². The molecule has 0 heterocycles. The van der Waals surface area contributed by atoms with Gasteiger partial charge in [-0.05, 0) is 60.7 Å². The van der Waals surface area contributed by atoms with Crippen LogP contribution in [0.15, 0.2) is 23.5 Å². The minimum Gasteiger partial charge on any atom is -0.512 e. The zero-order valence-corrected chi connectivity index (χ0v) is 13.4. The van der Waals surface area contributed by atoms with Crippen molar-refractivity contribution in [2.45, 2.75) is 52.4 Å². The van der Waals surface area contributed by atoms with E-state index in [9.17, 15) is 14.7 Å². The van der Waals surface area contributed by atoms with Crippen molar-refractivity contribution in [3.8, 4) is 0 Å². The molecule has 0 radical (unpaired) electrons. The summed E-state index contributed by atoms with van der Waals surface area (Å²) in [5, 5.41) is 9.84. The van der Waals surface area contributed by atoms with Crippen LogP contribution < -0.4 is 0 Å². The molecule has 0 unspecified atom stereocenters. The molecule has 118 valence electrons. The van der Waals surface area contributed by atoms with Crippen molar-refractivity contribution in [1.82, 2.24) is 0 Å². The Balaban J connectivity index is 1.80. The van der Waals surface area contributed by atoms with Crippen LogP contribution in [0.2, 0.25) is 0 Å². The van der Waals surface area contributed by atoms with Crippen molar-refractivity contribution in [3.05, 3.63) is 23.5 Å². The van der Waals surface area contributed by atoms with Gasteiger partial charge in [0.05, 0.1) is 5.76 Å². The van der Waals surface area contributed by atoms with E-state index in [-0.39, 0.29) is 28.4 Å². The molecule has 0 aromatic heterocycles. The molecule has 0 amide bonds. The molecule has 0 aromatic rings. The third kappa shape index (κ3) is 1.63. The summed E-state index contributed by atoms with van der Waals surface area (Å²) in [6.07, 6.45) is 8.59. The number of rotatable bonds is 0. The first kappa shape index (κ1) is 14.2. The topological polar surface area (TPSA) is 54.4 Å². The number of carbonyl (C=O) groups is 2. The highest BCUT2D eigenvalue weighted by atomic mass is 16.3. The highest BCUT2D eigenvalue weighted by molar-refractivity contribution is 5.97. The van der Waals surface area contributed by atoms with Gasteiger partial charge in [0.2, 0.25) is 0 Å². The Hall–Kier alpha value is -1.38. The van der Waals surface area contributed by atoms with Crippen LogP contribution in [0.4, 0.5) is 0 Å². The van der Waals surface area contributed by atoms with Gasteiger partial charge in [-0.25, -0.2) is 0 Å². The predicted molar refractivity (Wildman–Crippen MR) is 83.2 cm³/mol. The first-order chi connectivity index (χ1) is 10.4. The maximum Gasteiger partial charge on any atom is 0.159 e. The molecule has 5 atom stereocenters. The highest BCUT2D eigenvalue weighted by Gasteiger charge is 2.60. The first-order valence-corrected chi connectivity index (χ1v) is 8.55. The number of carbonyl (C=O) groups excluding carboxylic acids is 2. The molecule has 22 heavy (non-hydrogen) atoms. The lowest BCUT2D eigenvalue weighted by Gasteiger charge is -2.54. The lowest BCUT2D eigenvalue weighted by molar-refractivity contribution is -0.138. The van der Waals surface area contributed by atoms with Gasteiger partial charge >= 0.3 is 0 Å². The zero-order valence-electron chi connectivity index (χ0n) is 13.4. The molecule has 0 aliphatic heterocycles. The second kappa shape index (κ2) is 4.33. The van der Waals surface area contributed by atoms with Crippen LogP contribution in [0.1, 0.15) is 52.4 Å². The van der Waals surface area contributed by atoms with E-state index in [1.165, 1.54) is 0 Å². The van der Waals surface area contributed by atoms with E-state index in [4.69, 9.17) is 0 Å². The minimum absolute atomic E-state index is 0.00703. The fourth-order valence-corrected chi connectivity index (χ4v) is 5.83. The van der Waals surface area contributed by atoms with Gasteiger partial charge in [0.1, 0.15) is 5.78 Å². The Kier molecular flexibility index (Phi) is 2.80. The van der Waals surface area contributed by atoms with Gasteiger partial charge in [-0.15, -0.1) is 0 Å². The summed E-state index contributed by atoms with van der Waals surface area (Å²) in [7, 11) is 0. The number of hydrogen-bond acceptors (Lipinski definition) is 3. The van der Waals surface area contributed by atoms with E-state index in [1.54, 1.807) is 6.08 Å². The van der Waals surface area contributed by atoms with E-state index < -0.39 is 0 Å². The molecule has 0 saturated heterocycles. The Morgan fingerprint density at radius 3 is 2.50 bits per heavy atom. The minimum atomic E-state index is -0.273. The average molecular weight is 300 g/mol. The number of aliphatic hydroxyl groups is 1. The first-order valence-electron chi connectivity index (χ1n) is 8.55. The Morgan fingerprint density at radius 2 is 1.73 bits per heavy atom. The number of aliphatic hydroxyl groups excluding tert-OH is 1. The van der Waals surface area contributed by atoms with Crippen LogP contribution in [-0.4, -0.2) is 16.7 Å². The summed E-state index contributed by atoms with van der Waals surface area (Å²) in [6, 6.07) is 0. The number of allylic oxidation sites excluding steroid dienone is 4. The van der Waals surface area contributed by atoms with Crippen molar-refractivity contribution >= 4 is 11.6 Å². The van der Waals surface area contributed by atoms with Crippen LogP contribution >= 0.6 is 0 Å². The van der Waals surface area contributed by atoms with Crippen LogP contribution in [0.3, 0.4) is 0 Å². The molecule has 0 spiro atoms. The van der Waals surface area contributed by atoms with Crippen LogP contribution in [0.25, 0.3) is 0 Å². The average Bonchev–Trinajstić information content (AvgIpc) is 2.77. The highest BCUT2D eigenvalue weighted by Crippen LogP contribution is 2.62. The lowest BCUT2D eigenvalue weighted by Crippen LogP contribution is -2.52. The second-order valence-electron chi connectivity index (χ2n) is 8.21. The molecular weight excluding hydrogens is 276 g/mol. The van der Waals surface area contributed by atoms with E-state index in [0.29, 0.717) is 30.3 Å². The Labute approximate surface area is 131 Å².